The third kappa shape index (κ3) is 2.75. The van der Waals surface area contributed by atoms with E-state index in [0.717, 1.165) is 11.5 Å². The summed E-state index contributed by atoms with van der Waals surface area (Å²) in [7, 11) is 0. The predicted octanol–water partition coefficient (Wildman–Crippen LogP) is 3.51. The van der Waals surface area contributed by atoms with E-state index in [0.29, 0.717) is 11.7 Å². The van der Waals surface area contributed by atoms with Gasteiger partial charge in [0.2, 0.25) is 0 Å². The van der Waals surface area contributed by atoms with Crippen molar-refractivity contribution < 1.29 is 0 Å². The Morgan fingerprint density at radius 1 is 1.05 bits per heavy atom. The number of nitrogens with two attached hydrogens (primary N) is 1. The second-order valence-electron chi connectivity index (χ2n) is 5.69. The van der Waals surface area contributed by atoms with Gasteiger partial charge in [-0.3, -0.25) is 0 Å². The lowest BCUT2D eigenvalue weighted by molar-refractivity contribution is 0.582. The highest BCUT2D eigenvalue weighted by atomic mass is 15.0. The van der Waals surface area contributed by atoms with Crippen LogP contribution < -0.4 is 5.73 Å². The Kier molecular flexibility index (Phi) is 3.56. The van der Waals surface area contributed by atoms with Crippen LogP contribution in [-0.4, -0.2) is 9.97 Å². The molecule has 3 nitrogen and oxygen atoms in total. The minimum atomic E-state index is -0.250. The van der Waals surface area contributed by atoms with Crippen LogP contribution in [0.2, 0.25) is 0 Å². The first-order chi connectivity index (χ1) is 8.91. The van der Waals surface area contributed by atoms with Crippen LogP contribution in [0, 0.1) is 0 Å². The summed E-state index contributed by atoms with van der Waals surface area (Å²) < 4.78 is 0. The molecular formula is C16H21N3. The fraction of sp³-hybridized carbons (Fsp3) is 0.375. The number of aromatic nitrogens is 2. The standard InChI is InChI=1S/C16H21N3/c1-11(2)13-10-14(17)19-15(18-13)16(3,4)12-8-6-5-7-9-12/h5-11H,1-4H3,(H2,17,18,19). The van der Waals surface area contributed by atoms with Crippen molar-refractivity contribution >= 4 is 5.82 Å². The van der Waals surface area contributed by atoms with E-state index in [1.54, 1.807) is 0 Å². The zero-order chi connectivity index (χ0) is 14.0. The maximum absolute atomic E-state index is 5.92. The summed E-state index contributed by atoms with van der Waals surface area (Å²) in [6, 6.07) is 12.1. The Labute approximate surface area is 114 Å². The van der Waals surface area contributed by atoms with Crippen molar-refractivity contribution in [3.05, 3.63) is 53.5 Å². The van der Waals surface area contributed by atoms with Gasteiger partial charge < -0.3 is 5.73 Å². The summed E-state index contributed by atoms with van der Waals surface area (Å²) >= 11 is 0. The Bertz CT molecular complexity index is 559. The van der Waals surface area contributed by atoms with Crippen molar-refractivity contribution in [2.24, 2.45) is 0 Å². The quantitative estimate of drug-likeness (QED) is 0.913. The minimum absolute atomic E-state index is 0.250. The molecule has 100 valence electrons. The maximum Gasteiger partial charge on any atom is 0.140 e. The van der Waals surface area contributed by atoms with Crippen molar-refractivity contribution in [1.29, 1.82) is 0 Å². The monoisotopic (exact) mass is 255 g/mol. The maximum atomic E-state index is 5.92. The fourth-order valence-electron chi connectivity index (χ4n) is 2.04. The van der Waals surface area contributed by atoms with Crippen molar-refractivity contribution in [3.63, 3.8) is 0 Å². The first-order valence-electron chi connectivity index (χ1n) is 6.61. The predicted molar refractivity (Wildman–Crippen MR) is 79.1 cm³/mol. The molecule has 1 aromatic carbocycles. The van der Waals surface area contributed by atoms with Crippen molar-refractivity contribution in [2.75, 3.05) is 5.73 Å². The number of rotatable bonds is 3. The van der Waals surface area contributed by atoms with Crippen LogP contribution in [0.15, 0.2) is 36.4 Å². The highest BCUT2D eigenvalue weighted by Gasteiger charge is 2.27. The first-order valence-corrected chi connectivity index (χ1v) is 6.61. The molecule has 0 aliphatic rings. The molecule has 0 unspecified atom stereocenters. The van der Waals surface area contributed by atoms with Gasteiger partial charge in [-0.25, -0.2) is 9.97 Å². The van der Waals surface area contributed by atoms with E-state index in [1.165, 1.54) is 5.56 Å². The molecule has 0 saturated carbocycles. The molecular weight excluding hydrogens is 234 g/mol. The Hall–Kier alpha value is -1.90. The van der Waals surface area contributed by atoms with Crippen LogP contribution in [0.25, 0.3) is 0 Å². The number of hydrogen-bond acceptors (Lipinski definition) is 3. The molecule has 0 radical (unpaired) electrons. The molecule has 1 heterocycles. The molecule has 0 bridgehead atoms. The van der Waals surface area contributed by atoms with Crippen LogP contribution >= 0.6 is 0 Å². The van der Waals surface area contributed by atoms with Crippen LogP contribution in [-0.2, 0) is 5.41 Å². The van der Waals surface area contributed by atoms with E-state index in [1.807, 2.05) is 24.3 Å². The lowest BCUT2D eigenvalue weighted by Crippen LogP contribution is -2.23. The van der Waals surface area contributed by atoms with Crippen LogP contribution in [0.1, 0.15) is 50.7 Å². The molecule has 0 spiro atoms. The summed E-state index contributed by atoms with van der Waals surface area (Å²) in [6.07, 6.45) is 0. The van der Waals surface area contributed by atoms with Gasteiger partial charge >= 0.3 is 0 Å². The van der Waals surface area contributed by atoms with Gasteiger partial charge in [0, 0.05) is 17.2 Å². The molecule has 0 saturated heterocycles. The van der Waals surface area contributed by atoms with Gasteiger partial charge in [0.05, 0.1) is 0 Å². The van der Waals surface area contributed by atoms with Gasteiger partial charge in [-0.15, -0.1) is 0 Å². The molecule has 0 amide bonds. The van der Waals surface area contributed by atoms with Crippen molar-refractivity contribution in [2.45, 2.75) is 39.0 Å². The SMILES string of the molecule is CC(C)c1cc(N)nc(C(C)(C)c2ccccc2)n1. The number of nitrogens with zero attached hydrogens (tertiary/aromatic N) is 2. The van der Waals surface area contributed by atoms with Gasteiger partial charge in [-0.2, -0.15) is 0 Å². The second-order valence-corrected chi connectivity index (χ2v) is 5.69. The molecule has 2 aromatic rings. The van der Waals surface area contributed by atoms with Crippen LogP contribution in [0.4, 0.5) is 5.82 Å². The molecule has 0 aliphatic heterocycles. The number of benzene rings is 1. The van der Waals surface area contributed by atoms with E-state index in [2.05, 4.69) is 44.8 Å². The highest BCUT2D eigenvalue weighted by molar-refractivity contribution is 5.37. The highest BCUT2D eigenvalue weighted by Crippen LogP contribution is 2.30. The molecule has 2 rings (SSSR count). The van der Waals surface area contributed by atoms with E-state index in [-0.39, 0.29) is 5.41 Å². The van der Waals surface area contributed by atoms with Crippen LogP contribution in [0.5, 0.6) is 0 Å². The number of nitrogen functional groups attached to an aromatic ring is 1. The average Bonchev–Trinajstić information content (AvgIpc) is 2.39. The Morgan fingerprint density at radius 2 is 1.68 bits per heavy atom. The summed E-state index contributed by atoms with van der Waals surface area (Å²) in [6.45, 7) is 8.48. The fourth-order valence-corrected chi connectivity index (χ4v) is 2.04. The summed E-state index contributed by atoms with van der Waals surface area (Å²) in [5, 5.41) is 0. The van der Waals surface area contributed by atoms with Gasteiger partial charge in [-0.1, -0.05) is 44.2 Å². The summed E-state index contributed by atoms with van der Waals surface area (Å²) in [4.78, 5) is 9.12. The first kappa shape index (κ1) is 13.5. The normalized spacial score (nSPS) is 11.8. The van der Waals surface area contributed by atoms with Crippen molar-refractivity contribution in [3.8, 4) is 0 Å². The average molecular weight is 255 g/mol. The molecule has 0 fully saturated rings. The number of hydrogen-bond donors (Lipinski definition) is 1. The van der Waals surface area contributed by atoms with E-state index in [4.69, 9.17) is 10.7 Å². The molecule has 0 atom stereocenters. The molecule has 1 aromatic heterocycles. The molecule has 0 aliphatic carbocycles. The van der Waals surface area contributed by atoms with E-state index >= 15 is 0 Å². The van der Waals surface area contributed by atoms with Crippen molar-refractivity contribution in [1.82, 2.24) is 9.97 Å². The third-order valence-electron chi connectivity index (χ3n) is 3.41. The lowest BCUT2D eigenvalue weighted by atomic mass is 9.83. The topological polar surface area (TPSA) is 51.8 Å². The lowest BCUT2D eigenvalue weighted by Gasteiger charge is -2.24. The Morgan fingerprint density at radius 3 is 2.26 bits per heavy atom. The zero-order valence-electron chi connectivity index (χ0n) is 12.0. The summed E-state index contributed by atoms with van der Waals surface area (Å²) in [5.41, 5.74) is 7.85. The molecule has 2 N–H and O–H groups in total. The Balaban J connectivity index is 2.52. The third-order valence-corrected chi connectivity index (χ3v) is 3.41. The van der Waals surface area contributed by atoms with Gasteiger partial charge in [0.15, 0.2) is 0 Å². The van der Waals surface area contributed by atoms with Gasteiger partial charge in [-0.05, 0) is 25.3 Å². The minimum Gasteiger partial charge on any atom is -0.384 e. The smallest absolute Gasteiger partial charge is 0.140 e. The van der Waals surface area contributed by atoms with Gasteiger partial charge in [0.1, 0.15) is 11.6 Å². The number of anilines is 1. The molecule has 19 heavy (non-hydrogen) atoms. The van der Waals surface area contributed by atoms with E-state index in [9.17, 15) is 0 Å². The summed E-state index contributed by atoms with van der Waals surface area (Å²) in [5.74, 6) is 1.66. The van der Waals surface area contributed by atoms with E-state index < -0.39 is 0 Å². The van der Waals surface area contributed by atoms with Crippen LogP contribution in [0.3, 0.4) is 0 Å². The molecule has 3 heteroatoms. The largest absolute Gasteiger partial charge is 0.384 e. The zero-order valence-corrected chi connectivity index (χ0v) is 12.0. The second kappa shape index (κ2) is 5.00. The van der Waals surface area contributed by atoms with Gasteiger partial charge in [0.25, 0.3) is 0 Å².